The van der Waals surface area contributed by atoms with Crippen molar-refractivity contribution in [2.24, 2.45) is 0 Å². The van der Waals surface area contributed by atoms with Crippen molar-refractivity contribution in [3.63, 3.8) is 0 Å². The van der Waals surface area contributed by atoms with E-state index in [1.165, 1.54) is 0 Å². The topological polar surface area (TPSA) is 70.9 Å². The lowest BCUT2D eigenvalue weighted by molar-refractivity contribution is 0.471. The largest absolute Gasteiger partial charge is 0.505 e. The van der Waals surface area contributed by atoms with Crippen molar-refractivity contribution in [1.29, 1.82) is 0 Å². The SMILES string of the molecule is Cc1cccc(N[C@@H](c2ccc(Br)cn2)c2ccc3cccnc3c2O)n1. The van der Waals surface area contributed by atoms with Crippen LogP contribution in [0.1, 0.15) is 23.0 Å². The molecular formula is C21H17BrN4O. The second-order valence-electron chi connectivity index (χ2n) is 6.22. The Bertz CT molecular complexity index is 1100. The molecule has 0 radical (unpaired) electrons. The number of nitrogens with one attached hydrogen (secondary N) is 1. The standard InChI is InChI=1S/C21H17BrN4O/c1-13-4-2-6-18(25-13)26-20(17-10-8-15(22)12-24-17)16-9-7-14-5-3-11-23-19(14)21(16)27/h2-12,20,27H,1H3,(H,25,26)/t20-/m1/s1. The number of aromatic hydroxyl groups is 1. The Hall–Kier alpha value is -2.99. The summed E-state index contributed by atoms with van der Waals surface area (Å²) >= 11 is 3.42. The summed E-state index contributed by atoms with van der Waals surface area (Å²) in [5.41, 5.74) is 2.94. The molecule has 0 saturated carbocycles. The zero-order chi connectivity index (χ0) is 18.8. The van der Waals surface area contributed by atoms with Gasteiger partial charge in [0.2, 0.25) is 0 Å². The highest BCUT2D eigenvalue weighted by Gasteiger charge is 2.21. The van der Waals surface area contributed by atoms with Crippen molar-refractivity contribution < 1.29 is 5.11 Å². The molecule has 0 unspecified atom stereocenters. The minimum absolute atomic E-state index is 0.142. The van der Waals surface area contributed by atoms with Crippen molar-refractivity contribution in [2.75, 3.05) is 5.32 Å². The number of aryl methyl sites for hydroxylation is 1. The second kappa shape index (κ2) is 7.32. The number of nitrogens with zero attached hydrogens (tertiary/aromatic N) is 3. The molecule has 2 N–H and O–H groups in total. The van der Waals surface area contributed by atoms with Gasteiger partial charge in [0.25, 0.3) is 0 Å². The van der Waals surface area contributed by atoms with Gasteiger partial charge in [0.15, 0.2) is 0 Å². The third-order valence-corrected chi connectivity index (χ3v) is 4.79. The van der Waals surface area contributed by atoms with E-state index in [0.29, 0.717) is 16.9 Å². The van der Waals surface area contributed by atoms with Crippen LogP contribution in [0.25, 0.3) is 10.9 Å². The zero-order valence-electron chi connectivity index (χ0n) is 14.6. The molecule has 0 aliphatic heterocycles. The molecule has 0 saturated heterocycles. The van der Waals surface area contributed by atoms with Crippen LogP contribution >= 0.6 is 15.9 Å². The lowest BCUT2D eigenvalue weighted by Crippen LogP contribution is -2.15. The molecule has 4 aromatic rings. The summed E-state index contributed by atoms with van der Waals surface area (Å²) in [6.45, 7) is 1.94. The van der Waals surface area contributed by atoms with Crippen molar-refractivity contribution in [3.8, 4) is 5.75 Å². The molecule has 0 aliphatic rings. The Balaban J connectivity index is 1.84. The number of hydrogen-bond acceptors (Lipinski definition) is 5. The van der Waals surface area contributed by atoms with Gasteiger partial charge in [-0.05, 0) is 53.2 Å². The summed E-state index contributed by atoms with van der Waals surface area (Å²) in [5, 5.41) is 15.2. The van der Waals surface area contributed by atoms with Gasteiger partial charge in [0, 0.05) is 33.5 Å². The molecule has 134 valence electrons. The van der Waals surface area contributed by atoms with Crippen LogP contribution in [0.4, 0.5) is 5.82 Å². The third kappa shape index (κ3) is 3.61. The fourth-order valence-electron chi connectivity index (χ4n) is 3.02. The van der Waals surface area contributed by atoms with E-state index < -0.39 is 0 Å². The van der Waals surface area contributed by atoms with Crippen LogP contribution in [0, 0.1) is 6.92 Å². The van der Waals surface area contributed by atoms with Crippen molar-refractivity contribution in [2.45, 2.75) is 13.0 Å². The van der Waals surface area contributed by atoms with Gasteiger partial charge in [-0.15, -0.1) is 0 Å². The number of anilines is 1. The molecule has 1 aromatic carbocycles. The first-order chi connectivity index (χ1) is 13.1. The number of phenols is 1. The quantitative estimate of drug-likeness (QED) is 0.485. The van der Waals surface area contributed by atoms with Gasteiger partial charge >= 0.3 is 0 Å². The summed E-state index contributed by atoms with van der Waals surface area (Å²) in [5.74, 6) is 0.855. The van der Waals surface area contributed by atoms with E-state index in [4.69, 9.17) is 0 Å². The molecule has 27 heavy (non-hydrogen) atoms. The van der Waals surface area contributed by atoms with Crippen LogP contribution in [-0.2, 0) is 0 Å². The van der Waals surface area contributed by atoms with Gasteiger partial charge in [-0.25, -0.2) is 4.98 Å². The molecule has 0 fully saturated rings. The van der Waals surface area contributed by atoms with Crippen LogP contribution in [0.5, 0.6) is 5.75 Å². The molecule has 0 aliphatic carbocycles. The maximum atomic E-state index is 10.9. The average molecular weight is 421 g/mol. The van der Waals surface area contributed by atoms with Crippen LogP contribution < -0.4 is 5.32 Å². The maximum absolute atomic E-state index is 10.9. The van der Waals surface area contributed by atoms with Crippen LogP contribution in [-0.4, -0.2) is 20.1 Å². The summed E-state index contributed by atoms with van der Waals surface area (Å²) < 4.78 is 0.892. The molecule has 3 aromatic heterocycles. The van der Waals surface area contributed by atoms with Gasteiger partial charge < -0.3 is 10.4 Å². The average Bonchev–Trinajstić information content (AvgIpc) is 2.68. The lowest BCUT2D eigenvalue weighted by atomic mass is 9.99. The molecule has 0 spiro atoms. The smallest absolute Gasteiger partial charge is 0.147 e. The van der Waals surface area contributed by atoms with Crippen LogP contribution in [0.2, 0.25) is 0 Å². The van der Waals surface area contributed by atoms with Crippen LogP contribution in [0.3, 0.4) is 0 Å². The number of pyridine rings is 3. The Morgan fingerprint density at radius 1 is 1.00 bits per heavy atom. The van der Waals surface area contributed by atoms with Crippen molar-refractivity contribution >= 4 is 32.7 Å². The first kappa shape index (κ1) is 17.4. The molecule has 3 heterocycles. The van der Waals surface area contributed by atoms with E-state index in [-0.39, 0.29) is 11.8 Å². The Labute approximate surface area is 165 Å². The van der Waals surface area contributed by atoms with E-state index in [9.17, 15) is 5.11 Å². The first-order valence-corrected chi connectivity index (χ1v) is 9.29. The number of hydrogen-bond donors (Lipinski definition) is 2. The lowest BCUT2D eigenvalue weighted by Gasteiger charge is -2.21. The Morgan fingerprint density at radius 2 is 1.89 bits per heavy atom. The van der Waals surface area contributed by atoms with Crippen molar-refractivity contribution in [1.82, 2.24) is 15.0 Å². The predicted octanol–water partition coefficient (Wildman–Crippen LogP) is 5.00. The summed E-state index contributed by atoms with van der Waals surface area (Å²) in [4.78, 5) is 13.4. The highest BCUT2D eigenvalue weighted by molar-refractivity contribution is 9.10. The zero-order valence-corrected chi connectivity index (χ0v) is 16.2. The minimum Gasteiger partial charge on any atom is -0.505 e. The third-order valence-electron chi connectivity index (χ3n) is 4.32. The summed E-state index contributed by atoms with van der Waals surface area (Å²) in [6.07, 6.45) is 3.41. The van der Waals surface area contributed by atoms with E-state index >= 15 is 0 Å². The summed E-state index contributed by atoms with van der Waals surface area (Å²) in [6, 6.07) is 16.9. The highest BCUT2D eigenvalue weighted by Crippen LogP contribution is 2.35. The molecule has 4 rings (SSSR count). The normalized spacial score (nSPS) is 12.1. The number of halogens is 1. The van der Waals surface area contributed by atoms with Gasteiger partial charge in [0.1, 0.15) is 17.1 Å². The molecule has 0 amide bonds. The van der Waals surface area contributed by atoms with Gasteiger partial charge in [0.05, 0.1) is 11.7 Å². The molecule has 6 heteroatoms. The maximum Gasteiger partial charge on any atom is 0.147 e. The number of benzene rings is 1. The first-order valence-electron chi connectivity index (χ1n) is 8.50. The van der Waals surface area contributed by atoms with Crippen LogP contribution in [0.15, 0.2) is 71.5 Å². The Kier molecular flexibility index (Phi) is 4.73. The number of aromatic nitrogens is 3. The number of phenolic OH excluding ortho intramolecular Hbond substituents is 1. The number of fused-ring (bicyclic) bond motifs is 1. The summed E-state index contributed by atoms with van der Waals surface area (Å²) in [7, 11) is 0. The van der Waals surface area contributed by atoms with Crippen molar-refractivity contribution in [3.05, 3.63) is 88.4 Å². The van der Waals surface area contributed by atoms with E-state index in [1.54, 1.807) is 12.4 Å². The molecule has 1 atom stereocenters. The minimum atomic E-state index is -0.376. The fraction of sp³-hybridized carbons (Fsp3) is 0.0952. The van der Waals surface area contributed by atoms with E-state index in [2.05, 4.69) is 36.2 Å². The van der Waals surface area contributed by atoms with Gasteiger partial charge in [-0.1, -0.05) is 24.3 Å². The second-order valence-corrected chi connectivity index (χ2v) is 7.14. The van der Waals surface area contributed by atoms with E-state index in [0.717, 1.165) is 21.2 Å². The van der Waals surface area contributed by atoms with Gasteiger partial charge in [-0.3, -0.25) is 9.97 Å². The number of rotatable bonds is 4. The highest BCUT2D eigenvalue weighted by atomic mass is 79.9. The molecule has 0 bridgehead atoms. The van der Waals surface area contributed by atoms with E-state index in [1.807, 2.05) is 61.5 Å². The fourth-order valence-corrected chi connectivity index (χ4v) is 3.25. The van der Waals surface area contributed by atoms with Gasteiger partial charge in [-0.2, -0.15) is 0 Å². The predicted molar refractivity (Wildman–Crippen MR) is 110 cm³/mol. The molecule has 5 nitrogen and oxygen atoms in total. The Morgan fingerprint density at radius 3 is 2.67 bits per heavy atom. The molecular weight excluding hydrogens is 404 g/mol. The monoisotopic (exact) mass is 420 g/mol.